The van der Waals surface area contributed by atoms with Gasteiger partial charge in [0.25, 0.3) is 0 Å². The fourth-order valence-corrected chi connectivity index (χ4v) is 6.29. The molecule has 0 radical (unpaired) electrons. The molecule has 5 atom stereocenters. The number of fused-ring (bicyclic) bond motifs is 2. The second-order valence-electron chi connectivity index (χ2n) is 9.98. The van der Waals surface area contributed by atoms with E-state index in [1.807, 2.05) is 6.92 Å². The largest absolute Gasteiger partial charge is 0.392 e. The Morgan fingerprint density at radius 3 is 2.85 bits per heavy atom. The molecule has 0 saturated heterocycles. The van der Waals surface area contributed by atoms with Crippen LogP contribution >= 0.6 is 0 Å². The number of aliphatic hydroxyl groups excluding tert-OH is 1. The van der Waals surface area contributed by atoms with Crippen LogP contribution in [0.4, 0.5) is 0 Å². The number of rotatable bonds is 5. The highest BCUT2D eigenvalue weighted by molar-refractivity contribution is 5.32. The lowest BCUT2D eigenvalue weighted by Gasteiger charge is -2.39. The first kappa shape index (κ1) is 19.9. The molecule has 0 amide bonds. The maximum atomic E-state index is 9.20. The summed E-state index contributed by atoms with van der Waals surface area (Å²) < 4.78 is 0. The molecule has 0 spiro atoms. The number of allylic oxidation sites excluding steroid dienone is 5. The van der Waals surface area contributed by atoms with Gasteiger partial charge in [0.15, 0.2) is 0 Å². The molecule has 0 aromatic heterocycles. The Balaban J connectivity index is 1.76. The summed E-state index contributed by atoms with van der Waals surface area (Å²) in [6, 6.07) is 0. The van der Waals surface area contributed by atoms with E-state index < -0.39 is 0 Å². The number of hydrogen-bond donors (Lipinski definition) is 1. The first-order valence-corrected chi connectivity index (χ1v) is 11.0. The highest BCUT2D eigenvalue weighted by Gasteiger charge is 2.48. The lowest BCUT2D eigenvalue weighted by atomic mass is 9.65. The molecule has 3 aliphatic rings. The predicted molar refractivity (Wildman–Crippen MR) is 112 cm³/mol. The minimum Gasteiger partial charge on any atom is -0.392 e. The Morgan fingerprint density at radius 1 is 1.35 bits per heavy atom. The van der Waals surface area contributed by atoms with Crippen molar-refractivity contribution in [3.63, 3.8) is 0 Å². The molecule has 1 N–H and O–H groups in total. The van der Waals surface area contributed by atoms with Crippen molar-refractivity contribution >= 4 is 0 Å². The van der Waals surface area contributed by atoms with Crippen molar-refractivity contribution in [2.24, 2.45) is 29.1 Å². The van der Waals surface area contributed by atoms with Gasteiger partial charge in [0.05, 0.1) is 6.61 Å². The number of hydrogen-bond acceptors (Lipinski definition) is 1. The van der Waals surface area contributed by atoms with Gasteiger partial charge in [-0.25, -0.2) is 0 Å². The molecule has 0 aliphatic heterocycles. The zero-order valence-corrected chi connectivity index (χ0v) is 17.8. The van der Waals surface area contributed by atoms with Crippen molar-refractivity contribution in [3.8, 4) is 0 Å². The Hall–Kier alpha value is -0.820. The van der Waals surface area contributed by atoms with E-state index in [0.29, 0.717) is 5.41 Å². The summed E-state index contributed by atoms with van der Waals surface area (Å²) in [5, 5.41) is 9.20. The van der Waals surface area contributed by atoms with E-state index in [2.05, 4.69) is 39.8 Å². The Morgan fingerprint density at radius 2 is 2.12 bits per heavy atom. The summed E-state index contributed by atoms with van der Waals surface area (Å²) in [5.74, 6) is 3.26. The van der Waals surface area contributed by atoms with E-state index in [-0.39, 0.29) is 6.61 Å². The SMILES string of the molecule is CC1=C2C[C@]3(C)CC[C@H]([C@@H](C)CC/C=C(\C)CO)[C@H]3C/C=C(/C)[C@H]2CC1. The van der Waals surface area contributed by atoms with E-state index in [1.54, 1.807) is 16.7 Å². The van der Waals surface area contributed by atoms with Crippen LogP contribution < -0.4 is 0 Å². The molecule has 146 valence electrons. The maximum Gasteiger partial charge on any atom is 0.0639 e. The van der Waals surface area contributed by atoms with Crippen LogP contribution in [0.1, 0.15) is 86.0 Å². The van der Waals surface area contributed by atoms with Gasteiger partial charge >= 0.3 is 0 Å². The third-order valence-corrected chi connectivity index (χ3v) is 8.17. The average Bonchev–Trinajstić information content (AvgIpc) is 3.12. The van der Waals surface area contributed by atoms with Crippen LogP contribution in [0.3, 0.4) is 0 Å². The fraction of sp³-hybridized carbons (Fsp3) is 0.760. The predicted octanol–water partition coefficient (Wildman–Crippen LogP) is 6.84. The van der Waals surface area contributed by atoms with Crippen LogP contribution in [0.15, 0.2) is 34.4 Å². The van der Waals surface area contributed by atoms with Crippen molar-refractivity contribution < 1.29 is 5.11 Å². The molecule has 0 unspecified atom stereocenters. The zero-order valence-electron chi connectivity index (χ0n) is 17.8. The van der Waals surface area contributed by atoms with Gasteiger partial charge in [0.1, 0.15) is 0 Å². The summed E-state index contributed by atoms with van der Waals surface area (Å²) in [6.07, 6.45) is 15.4. The molecule has 1 saturated carbocycles. The molecule has 0 heterocycles. The molecule has 26 heavy (non-hydrogen) atoms. The molecular formula is C25H40O. The van der Waals surface area contributed by atoms with Gasteiger partial charge < -0.3 is 5.11 Å². The first-order valence-electron chi connectivity index (χ1n) is 11.0. The van der Waals surface area contributed by atoms with Crippen LogP contribution in [-0.2, 0) is 0 Å². The highest BCUT2D eigenvalue weighted by atomic mass is 16.3. The third-order valence-electron chi connectivity index (χ3n) is 8.17. The van der Waals surface area contributed by atoms with Crippen LogP contribution in [0.25, 0.3) is 0 Å². The lowest BCUT2D eigenvalue weighted by Crippen LogP contribution is -2.30. The van der Waals surface area contributed by atoms with Gasteiger partial charge in [-0.2, -0.15) is 0 Å². The standard InChI is InChI=1S/C25H40O/c1-17(16-26)7-6-8-18(2)22-13-14-25(5)15-23-20(4)9-11-21(23)19(3)10-12-24(22)25/h7,10,18,21-22,24,26H,6,8-9,11-16H2,1-5H3/b17-7+,19-10-/t18-,21+,22+,24+,25-/m0/s1. The van der Waals surface area contributed by atoms with Gasteiger partial charge in [0, 0.05) is 5.92 Å². The summed E-state index contributed by atoms with van der Waals surface area (Å²) in [7, 11) is 0. The van der Waals surface area contributed by atoms with Crippen LogP contribution in [0.2, 0.25) is 0 Å². The summed E-state index contributed by atoms with van der Waals surface area (Å²) in [4.78, 5) is 0. The monoisotopic (exact) mass is 356 g/mol. The lowest BCUT2D eigenvalue weighted by molar-refractivity contribution is 0.153. The van der Waals surface area contributed by atoms with Gasteiger partial charge in [-0.05, 0) is 95.3 Å². The molecule has 0 bridgehead atoms. The third kappa shape index (κ3) is 3.88. The second-order valence-corrected chi connectivity index (χ2v) is 9.98. The van der Waals surface area contributed by atoms with E-state index in [1.165, 1.54) is 44.9 Å². The van der Waals surface area contributed by atoms with Crippen LogP contribution in [0, 0.1) is 29.1 Å². The molecule has 3 rings (SSSR count). The van der Waals surface area contributed by atoms with Crippen LogP contribution in [0.5, 0.6) is 0 Å². The van der Waals surface area contributed by atoms with Gasteiger partial charge in [0.2, 0.25) is 0 Å². The Kier molecular flexibility index (Phi) is 6.17. The molecule has 3 aliphatic carbocycles. The quantitative estimate of drug-likeness (QED) is 0.535. The topological polar surface area (TPSA) is 20.2 Å². The van der Waals surface area contributed by atoms with Gasteiger partial charge in [-0.1, -0.05) is 48.3 Å². The Bertz CT molecular complexity index is 608. The second kappa shape index (κ2) is 8.05. The molecule has 1 fully saturated rings. The minimum absolute atomic E-state index is 0.207. The van der Waals surface area contributed by atoms with Crippen molar-refractivity contribution in [2.75, 3.05) is 6.61 Å². The average molecular weight is 357 g/mol. The summed E-state index contributed by atoms with van der Waals surface area (Å²) in [6.45, 7) is 12.1. The molecular weight excluding hydrogens is 316 g/mol. The maximum absolute atomic E-state index is 9.20. The van der Waals surface area contributed by atoms with E-state index in [9.17, 15) is 5.11 Å². The fourth-order valence-electron chi connectivity index (χ4n) is 6.29. The van der Waals surface area contributed by atoms with E-state index in [4.69, 9.17) is 0 Å². The van der Waals surface area contributed by atoms with Crippen LogP contribution in [-0.4, -0.2) is 11.7 Å². The normalized spacial score (nSPS) is 38.3. The summed E-state index contributed by atoms with van der Waals surface area (Å²) in [5.41, 5.74) is 6.78. The molecule has 0 aromatic rings. The van der Waals surface area contributed by atoms with Gasteiger partial charge in [-0.15, -0.1) is 0 Å². The van der Waals surface area contributed by atoms with E-state index in [0.717, 1.165) is 35.7 Å². The Labute approximate surface area is 161 Å². The summed E-state index contributed by atoms with van der Waals surface area (Å²) >= 11 is 0. The van der Waals surface area contributed by atoms with Crippen molar-refractivity contribution in [3.05, 3.63) is 34.4 Å². The molecule has 1 nitrogen and oxygen atoms in total. The number of aliphatic hydroxyl groups is 1. The first-order chi connectivity index (χ1) is 12.4. The van der Waals surface area contributed by atoms with Crippen molar-refractivity contribution in [1.82, 2.24) is 0 Å². The smallest absolute Gasteiger partial charge is 0.0639 e. The molecule has 0 aromatic carbocycles. The zero-order chi connectivity index (χ0) is 18.9. The molecule has 1 heteroatoms. The van der Waals surface area contributed by atoms with Crippen molar-refractivity contribution in [2.45, 2.75) is 86.0 Å². The van der Waals surface area contributed by atoms with Crippen molar-refractivity contribution in [1.29, 1.82) is 0 Å². The minimum atomic E-state index is 0.207. The van der Waals surface area contributed by atoms with E-state index >= 15 is 0 Å². The highest BCUT2D eigenvalue weighted by Crippen LogP contribution is 2.58. The van der Waals surface area contributed by atoms with Gasteiger partial charge in [-0.3, -0.25) is 0 Å².